The summed E-state index contributed by atoms with van der Waals surface area (Å²) < 4.78 is 0. The summed E-state index contributed by atoms with van der Waals surface area (Å²) in [6.07, 6.45) is 4.85. The maximum Gasteiger partial charge on any atom is 0.0802 e. The van der Waals surface area contributed by atoms with E-state index in [2.05, 4.69) is 36.9 Å². The molecule has 2 fully saturated rings. The summed E-state index contributed by atoms with van der Waals surface area (Å²) in [5.74, 6) is 1.90. The summed E-state index contributed by atoms with van der Waals surface area (Å²) in [5.41, 5.74) is 3.58. The minimum atomic E-state index is -0.311. The van der Waals surface area contributed by atoms with Crippen molar-refractivity contribution in [3.63, 3.8) is 0 Å². The largest absolute Gasteiger partial charge is 0.388 e. The van der Waals surface area contributed by atoms with Gasteiger partial charge in [-0.1, -0.05) is 35.7 Å². The summed E-state index contributed by atoms with van der Waals surface area (Å²) in [7, 11) is 0. The topological polar surface area (TPSA) is 23.5 Å². The Balaban J connectivity index is 1.53. The van der Waals surface area contributed by atoms with Crippen molar-refractivity contribution in [2.45, 2.75) is 45.6 Å². The van der Waals surface area contributed by atoms with Gasteiger partial charge in [0.25, 0.3) is 0 Å². The summed E-state index contributed by atoms with van der Waals surface area (Å²) in [4.78, 5) is 2.57. The smallest absolute Gasteiger partial charge is 0.0802 e. The van der Waals surface area contributed by atoms with E-state index < -0.39 is 0 Å². The summed E-state index contributed by atoms with van der Waals surface area (Å²) >= 11 is 0. The van der Waals surface area contributed by atoms with Crippen LogP contribution in [0.2, 0.25) is 0 Å². The zero-order valence-electron chi connectivity index (χ0n) is 12.8. The number of fused-ring (bicyclic) bond motifs is 1. The Labute approximate surface area is 122 Å². The third-order valence-electron chi connectivity index (χ3n) is 5.15. The van der Waals surface area contributed by atoms with E-state index in [1.807, 2.05) is 0 Å². The van der Waals surface area contributed by atoms with Gasteiger partial charge in [0.05, 0.1) is 6.10 Å². The molecule has 0 spiro atoms. The van der Waals surface area contributed by atoms with Gasteiger partial charge in [-0.15, -0.1) is 0 Å². The van der Waals surface area contributed by atoms with E-state index >= 15 is 0 Å². The first-order valence-electron chi connectivity index (χ1n) is 8.10. The van der Waals surface area contributed by atoms with Crippen LogP contribution in [0.5, 0.6) is 0 Å². The summed E-state index contributed by atoms with van der Waals surface area (Å²) in [6, 6.07) is 6.41. The number of aliphatic hydroxyl groups excluding tert-OH is 1. The molecule has 1 saturated carbocycles. The van der Waals surface area contributed by atoms with Crippen molar-refractivity contribution in [3.8, 4) is 0 Å². The van der Waals surface area contributed by atoms with Gasteiger partial charge in [-0.25, -0.2) is 0 Å². The van der Waals surface area contributed by atoms with E-state index in [0.29, 0.717) is 0 Å². The fourth-order valence-electron chi connectivity index (χ4n) is 4.19. The van der Waals surface area contributed by atoms with Crippen molar-refractivity contribution in [3.05, 3.63) is 34.9 Å². The van der Waals surface area contributed by atoms with Gasteiger partial charge in [-0.05, 0) is 50.5 Å². The quantitative estimate of drug-likeness (QED) is 0.908. The number of rotatable bonds is 4. The van der Waals surface area contributed by atoms with E-state index in [1.165, 1.54) is 43.5 Å². The van der Waals surface area contributed by atoms with Crippen molar-refractivity contribution in [2.75, 3.05) is 19.6 Å². The zero-order valence-corrected chi connectivity index (χ0v) is 12.8. The van der Waals surface area contributed by atoms with Gasteiger partial charge in [0, 0.05) is 19.6 Å². The van der Waals surface area contributed by atoms with Gasteiger partial charge in [0.2, 0.25) is 0 Å². The molecule has 0 bridgehead atoms. The maximum absolute atomic E-state index is 10.4. The second kappa shape index (κ2) is 5.87. The van der Waals surface area contributed by atoms with E-state index in [-0.39, 0.29) is 6.10 Å². The molecule has 0 aromatic heterocycles. The van der Waals surface area contributed by atoms with Crippen LogP contribution < -0.4 is 0 Å². The average molecular weight is 273 g/mol. The highest BCUT2D eigenvalue weighted by molar-refractivity contribution is 5.29. The summed E-state index contributed by atoms with van der Waals surface area (Å²) in [5, 5.41) is 10.4. The van der Waals surface area contributed by atoms with Crippen LogP contribution in [0.15, 0.2) is 18.2 Å². The highest BCUT2D eigenvalue weighted by Gasteiger charge is 2.35. The highest BCUT2D eigenvalue weighted by Crippen LogP contribution is 2.37. The molecule has 3 rings (SSSR count). The molecule has 1 heterocycles. The Bertz CT molecular complexity index is 438. The number of nitrogens with zero attached hydrogens (tertiary/aromatic N) is 1. The van der Waals surface area contributed by atoms with Crippen LogP contribution in [0.4, 0.5) is 0 Å². The van der Waals surface area contributed by atoms with Crippen molar-refractivity contribution in [2.24, 2.45) is 11.8 Å². The molecule has 1 aromatic rings. The molecule has 1 N–H and O–H groups in total. The number of likely N-dealkylation sites (tertiary alicyclic amines) is 1. The molecule has 20 heavy (non-hydrogen) atoms. The molecule has 1 aliphatic heterocycles. The first kappa shape index (κ1) is 14.1. The Morgan fingerprint density at radius 2 is 1.70 bits per heavy atom. The lowest BCUT2D eigenvalue weighted by Gasteiger charge is -2.19. The molecule has 2 heteroatoms. The van der Waals surface area contributed by atoms with Gasteiger partial charge in [0.15, 0.2) is 0 Å². The fraction of sp³-hybridized carbons (Fsp3) is 0.667. The summed E-state index contributed by atoms with van der Waals surface area (Å²) in [6.45, 7) is 7.78. The Kier molecular flexibility index (Phi) is 4.13. The fourth-order valence-corrected chi connectivity index (χ4v) is 4.19. The molecule has 110 valence electrons. The lowest BCUT2D eigenvalue weighted by atomic mass is 10.0. The second-order valence-corrected chi connectivity index (χ2v) is 6.94. The lowest BCUT2D eigenvalue weighted by Crippen LogP contribution is -2.24. The van der Waals surface area contributed by atoms with Crippen LogP contribution >= 0.6 is 0 Å². The first-order valence-corrected chi connectivity index (χ1v) is 8.10. The third kappa shape index (κ3) is 3.07. The molecule has 1 saturated heterocycles. The van der Waals surface area contributed by atoms with Gasteiger partial charge in [-0.3, -0.25) is 0 Å². The number of hydrogen-bond donors (Lipinski definition) is 1. The zero-order chi connectivity index (χ0) is 14.1. The minimum Gasteiger partial charge on any atom is -0.388 e. The van der Waals surface area contributed by atoms with Crippen LogP contribution in [0.25, 0.3) is 0 Å². The highest BCUT2D eigenvalue weighted by atomic mass is 16.3. The molecule has 1 aromatic carbocycles. The molecule has 0 amide bonds. The predicted molar refractivity (Wildman–Crippen MR) is 82.8 cm³/mol. The van der Waals surface area contributed by atoms with Crippen LogP contribution in [0.1, 0.15) is 48.5 Å². The van der Waals surface area contributed by atoms with E-state index in [4.69, 9.17) is 0 Å². The van der Waals surface area contributed by atoms with Crippen molar-refractivity contribution < 1.29 is 5.11 Å². The molecule has 0 radical (unpaired) electrons. The van der Waals surface area contributed by atoms with Crippen molar-refractivity contribution in [1.82, 2.24) is 4.90 Å². The van der Waals surface area contributed by atoms with Crippen LogP contribution in [0.3, 0.4) is 0 Å². The van der Waals surface area contributed by atoms with Crippen LogP contribution in [-0.4, -0.2) is 29.6 Å². The molecule has 3 unspecified atom stereocenters. The van der Waals surface area contributed by atoms with E-state index in [9.17, 15) is 5.11 Å². The second-order valence-electron chi connectivity index (χ2n) is 6.94. The number of aliphatic hydroxyl groups is 1. The average Bonchev–Trinajstić information content (AvgIpc) is 2.95. The monoisotopic (exact) mass is 273 g/mol. The SMILES string of the molecule is Cc1cc(C)cc(C(O)CCN2CC3CCCC3C2)c1. The van der Waals surface area contributed by atoms with Crippen molar-refractivity contribution >= 4 is 0 Å². The normalized spacial score (nSPS) is 27.8. The number of aryl methyl sites for hydroxylation is 2. The molecule has 1 aliphatic carbocycles. The molecular weight excluding hydrogens is 246 g/mol. The lowest BCUT2D eigenvalue weighted by molar-refractivity contribution is 0.146. The Morgan fingerprint density at radius 3 is 2.30 bits per heavy atom. The standard InChI is InChI=1S/C18H27NO/c1-13-8-14(2)10-17(9-13)18(20)6-7-19-11-15-4-3-5-16(15)12-19/h8-10,15-16,18,20H,3-7,11-12H2,1-2H3. The molecular formula is C18H27NO. The first-order chi connectivity index (χ1) is 9.61. The predicted octanol–water partition coefficient (Wildman–Crippen LogP) is 3.46. The van der Waals surface area contributed by atoms with Crippen molar-refractivity contribution in [1.29, 1.82) is 0 Å². The number of hydrogen-bond acceptors (Lipinski definition) is 2. The molecule has 3 atom stereocenters. The van der Waals surface area contributed by atoms with Crippen LogP contribution in [0, 0.1) is 25.7 Å². The molecule has 2 aliphatic rings. The Morgan fingerprint density at radius 1 is 1.10 bits per heavy atom. The van der Waals surface area contributed by atoms with E-state index in [1.54, 1.807) is 0 Å². The van der Waals surface area contributed by atoms with Gasteiger partial charge in [0.1, 0.15) is 0 Å². The third-order valence-corrected chi connectivity index (χ3v) is 5.15. The van der Waals surface area contributed by atoms with Gasteiger partial charge >= 0.3 is 0 Å². The maximum atomic E-state index is 10.4. The van der Waals surface area contributed by atoms with Gasteiger partial charge in [-0.2, -0.15) is 0 Å². The van der Waals surface area contributed by atoms with Crippen LogP contribution in [-0.2, 0) is 0 Å². The Hall–Kier alpha value is -0.860. The number of benzene rings is 1. The van der Waals surface area contributed by atoms with E-state index in [0.717, 1.165) is 30.4 Å². The van der Waals surface area contributed by atoms with Gasteiger partial charge < -0.3 is 10.0 Å². The minimum absolute atomic E-state index is 0.311. The molecule has 2 nitrogen and oxygen atoms in total.